The highest BCUT2D eigenvalue weighted by Crippen LogP contribution is 2.30. The van der Waals surface area contributed by atoms with Gasteiger partial charge in [0.2, 0.25) is 6.29 Å². The highest BCUT2D eigenvalue weighted by atomic mass is 16.7. The Labute approximate surface area is 109 Å². The number of ether oxygens (including phenoxy) is 3. The number of esters is 1. The van der Waals surface area contributed by atoms with Crippen molar-refractivity contribution < 1.29 is 19.0 Å². The summed E-state index contributed by atoms with van der Waals surface area (Å²) in [5, 5.41) is 0. The zero-order chi connectivity index (χ0) is 13.7. The average molecular weight is 256 g/mol. The van der Waals surface area contributed by atoms with Crippen LogP contribution in [0.5, 0.6) is 0 Å². The van der Waals surface area contributed by atoms with Gasteiger partial charge in [-0.1, -0.05) is 27.7 Å². The largest absolute Gasteiger partial charge is 0.466 e. The Kier molecular flexibility index (Phi) is 5.66. The van der Waals surface area contributed by atoms with Gasteiger partial charge in [-0.3, -0.25) is 0 Å². The Hall–Kier alpha value is -1.03. The number of methoxy groups -OCH3 is 1. The average Bonchev–Trinajstić information content (AvgIpc) is 2.58. The smallest absolute Gasteiger partial charge is 0.333 e. The second kappa shape index (κ2) is 6.78. The Morgan fingerprint density at radius 2 is 1.89 bits per heavy atom. The summed E-state index contributed by atoms with van der Waals surface area (Å²) in [7, 11) is 1.36. The standard InChI is InChI=1S/C14H24O4/c1-9(2)6-11-12(8-13(15)16-5)18-14(17-11)7-10(3)4/h8-11,14H,6-7H2,1-5H3/b12-8+. The molecule has 0 saturated carbocycles. The molecule has 18 heavy (non-hydrogen) atoms. The molecular weight excluding hydrogens is 232 g/mol. The van der Waals surface area contributed by atoms with Crippen molar-refractivity contribution in [1.29, 1.82) is 0 Å². The SMILES string of the molecule is COC(=O)/C=C1/OC(CC(C)C)OC1CC(C)C. The summed E-state index contributed by atoms with van der Waals surface area (Å²) < 4.78 is 16.2. The Bertz CT molecular complexity index is 307. The molecule has 2 unspecified atom stereocenters. The quantitative estimate of drug-likeness (QED) is 0.560. The van der Waals surface area contributed by atoms with E-state index in [0.29, 0.717) is 17.6 Å². The molecule has 2 atom stereocenters. The molecule has 0 aromatic heterocycles. The van der Waals surface area contributed by atoms with Crippen molar-refractivity contribution in [3.05, 3.63) is 11.8 Å². The highest BCUT2D eigenvalue weighted by molar-refractivity contribution is 5.82. The number of rotatable bonds is 5. The van der Waals surface area contributed by atoms with Crippen LogP contribution in [0.4, 0.5) is 0 Å². The van der Waals surface area contributed by atoms with Crippen LogP contribution in [0.15, 0.2) is 11.8 Å². The van der Waals surface area contributed by atoms with Gasteiger partial charge in [-0.25, -0.2) is 4.79 Å². The van der Waals surface area contributed by atoms with Crippen molar-refractivity contribution >= 4 is 5.97 Å². The van der Waals surface area contributed by atoms with E-state index >= 15 is 0 Å². The predicted molar refractivity (Wildman–Crippen MR) is 68.8 cm³/mol. The van der Waals surface area contributed by atoms with Crippen molar-refractivity contribution in [2.45, 2.75) is 52.9 Å². The van der Waals surface area contributed by atoms with Crippen LogP contribution < -0.4 is 0 Å². The fraction of sp³-hybridized carbons (Fsp3) is 0.786. The lowest BCUT2D eigenvalue weighted by atomic mass is 10.0. The topological polar surface area (TPSA) is 44.8 Å². The van der Waals surface area contributed by atoms with Crippen molar-refractivity contribution in [2.24, 2.45) is 11.8 Å². The molecular formula is C14H24O4. The fourth-order valence-corrected chi connectivity index (χ4v) is 1.90. The van der Waals surface area contributed by atoms with E-state index in [1.165, 1.54) is 13.2 Å². The molecule has 4 heteroatoms. The van der Waals surface area contributed by atoms with Crippen molar-refractivity contribution in [1.82, 2.24) is 0 Å². The van der Waals surface area contributed by atoms with Gasteiger partial charge in [-0.05, 0) is 18.3 Å². The highest BCUT2D eigenvalue weighted by Gasteiger charge is 2.33. The van der Waals surface area contributed by atoms with E-state index < -0.39 is 5.97 Å². The van der Waals surface area contributed by atoms with Crippen LogP contribution in [0.3, 0.4) is 0 Å². The summed E-state index contributed by atoms with van der Waals surface area (Å²) >= 11 is 0. The van der Waals surface area contributed by atoms with Crippen molar-refractivity contribution in [2.75, 3.05) is 7.11 Å². The number of hydrogen-bond donors (Lipinski definition) is 0. The Balaban J connectivity index is 2.71. The van der Waals surface area contributed by atoms with Gasteiger partial charge in [0.25, 0.3) is 0 Å². The lowest BCUT2D eigenvalue weighted by Gasteiger charge is -2.13. The van der Waals surface area contributed by atoms with E-state index in [9.17, 15) is 4.79 Å². The van der Waals surface area contributed by atoms with Gasteiger partial charge in [-0.15, -0.1) is 0 Å². The molecule has 1 aliphatic rings. The maximum Gasteiger partial charge on any atom is 0.333 e. The maximum absolute atomic E-state index is 11.3. The predicted octanol–water partition coefficient (Wildman–Crippen LogP) is 2.88. The lowest BCUT2D eigenvalue weighted by molar-refractivity contribution is -0.135. The van der Waals surface area contributed by atoms with E-state index in [1.54, 1.807) is 0 Å². The minimum absolute atomic E-state index is 0.132. The van der Waals surface area contributed by atoms with Crippen LogP contribution in [0.2, 0.25) is 0 Å². The maximum atomic E-state index is 11.3. The monoisotopic (exact) mass is 256 g/mol. The Morgan fingerprint density at radius 1 is 1.28 bits per heavy atom. The molecule has 1 fully saturated rings. The molecule has 104 valence electrons. The minimum atomic E-state index is -0.396. The first-order valence-corrected chi connectivity index (χ1v) is 6.54. The summed E-state index contributed by atoms with van der Waals surface area (Å²) in [6, 6.07) is 0. The van der Waals surface area contributed by atoms with E-state index in [-0.39, 0.29) is 12.4 Å². The molecule has 0 N–H and O–H groups in total. The summed E-state index contributed by atoms with van der Waals surface area (Å²) in [5.74, 6) is 1.18. The molecule has 0 bridgehead atoms. The molecule has 1 aliphatic heterocycles. The second-order valence-corrected chi connectivity index (χ2v) is 5.50. The normalized spacial score (nSPS) is 25.8. The number of hydrogen-bond acceptors (Lipinski definition) is 4. The summed E-state index contributed by atoms with van der Waals surface area (Å²) in [5.41, 5.74) is 0. The molecule has 1 heterocycles. The van der Waals surface area contributed by atoms with Crippen LogP contribution in [-0.4, -0.2) is 25.5 Å². The first-order valence-electron chi connectivity index (χ1n) is 6.54. The second-order valence-electron chi connectivity index (χ2n) is 5.50. The van der Waals surface area contributed by atoms with Crippen molar-refractivity contribution in [3.8, 4) is 0 Å². The third-order valence-electron chi connectivity index (χ3n) is 2.71. The number of carbonyl (C=O) groups is 1. The third-order valence-corrected chi connectivity index (χ3v) is 2.71. The van der Waals surface area contributed by atoms with E-state index in [4.69, 9.17) is 9.47 Å². The minimum Gasteiger partial charge on any atom is -0.466 e. The van der Waals surface area contributed by atoms with Gasteiger partial charge < -0.3 is 14.2 Å². The molecule has 1 rings (SSSR count). The number of carbonyl (C=O) groups excluding carboxylic acids is 1. The van der Waals surface area contributed by atoms with Gasteiger partial charge in [0.15, 0.2) is 0 Å². The summed E-state index contributed by atoms with van der Waals surface area (Å²) in [6.07, 6.45) is 2.69. The van der Waals surface area contributed by atoms with Crippen LogP contribution >= 0.6 is 0 Å². The lowest BCUT2D eigenvalue weighted by Crippen LogP contribution is -2.15. The van der Waals surface area contributed by atoms with Gasteiger partial charge in [0, 0.05) is 6.42 Å². The van der Waals surface area contributed by atoms with E-state index in [1.807, 2.05) is 0 Å². The van der Waals surface area contributed by atoms with Crippen molar-refractivity contribution in [3.63, 3.8) is 0 Å². The molecule has 0 aromatic carbocycles. The first-order chi connectivity index (χ1) is 8.42. The fourth-order valence-electron chi connectivity index (χ4n) is 1.90. The van der Waals surface area contributed by atoms with Gasteiger partial charge in [0.05, 0.1) is 13.2 Å². The molecule has 0 radical (unpaired) electrons. The zero-order valence-electron chi connectivity index (χ0n) is 11.9. The van der Waals surface area contributed by atoms with E-state index in [0.717, 1.165) is 12.8 Å². The molecule has 0 amide bonds. The molecule has 0 aliphatic carbocycles. The van der Waals surface area contributed by atoms with Gasteiger partial charge >= 0.3 is 5.97 Å². The van der Waals surface area contributed by atoms with Gasteiger partial charge in [-0.2, -0.15) is 0 Å². The summed E-state index contributed by atoms with van der Waals surface area (Å²) in [4.78, 5) is 11.3. The molecule has 1 saturated heterocycles. The molecule has 0 spiro atoms. The molecule has 0 aromatic rings. The van der Waals surface area contributed by atoms with Crippen LogP contribution in [0, 0.1) is 11.8 Å². The first kappa shape index (κ1) is 15.0. The summed E-state index contributed by atoms with van der Waals surface area (Å²) in [6.45, 7) is 8.47. The Morgan fingerprint density at radius 3 is 2.39 bits per heavy atom. The zero-order valence-corrected chi connectivity index (χ0v) is 11.9. The third kappa shape index (κ3) is 4.69. The van der Waals surface area contributed by atoms with E-state index in [2.05, 4.69) is 32.4 Å². The van der Waals surface area contributed by atoms with Crippen LogP contribution in [-0.2, 0) is 19.0 Å². The van der Waals surface area contributed by atoms with Crippen LogP contribution in [0.1, 0.15) is 40.5 Å². The van der Waals surface area contributed by atoms with Gasteiger partial charge in [0.1, 0.15) is 11.9 Å². The van der Waals surface area contributed by atoms with Crippen LogP contribution in [0.25, 0.3) is 0 Å². The molecule has 4 nitrogen and oxygen atoms in total.